The second-order valence-corrected chi connectivity index (χ2v) is 8.55. The van der Waals surface area contributed by atoms with Crippen molar-refractivity contribution < 1.29 is 14.3 Å². The van der Waals surface area contributed by atoms with Gasteiger partial charge < -0.3 is 14.4 Å². The van der Waals surface area contributed by atoms with Crippen LogP contribution >= 0.6 is 11.3 Å². The number of hydrogen-bond acceptors (Lipinski definition) is 7. The molecule has 0 aliphatic carbocycles. The highest BCUT2D eigenvalue weighted by Crippen LogP contribution is 2.34. The minimum Gasteiger partial charge on any atom is -0.485 e. The van der Waals surface area contributed by atoms with E-state index in [0.29, 0.717) is 19.6 Å². The molecule has 1 aromatic heterocycles. The van der Waals surface area contributed by atoms with Gasteiger partial charge in [0.25, 0.3) is 0 Å². The quantitative estimate of drug-likeness (QED) is 0.604. The maximum Gasteiger partial charge on any atom is 0.246 e. The van der Waals surface area contributed by atoms with E-state index in [-0.39, 0.29) is 18.4 Å². The lowest BCUT2D eigenvalue weighted by Crippen LogP contribution is -2.36. The van der Waals surface area contributed by atoms with Crippen molar-refractivity contribution in [1.29, 1.82) is 0 Å². The molecule has 1 fully saturated rings. The van der Waals surface area contributed by atoms with Crippen molar-refractivity contribution in [3.05, 3.63) is 76.8 Å². The number of ether oxygens (including phenoxy) is 2. The Labute approximate surface area is 190 Å². The molecule has 32 heavy (non-hydrogen) atoms. The fourth-order valence-corrected chi connectivity index (χ4v) is 4.74. The highest BCUT2D eigenvalue weighted by molar-refractivity contribution is 7.13. The Bertz CT molecular complexity index is 1110. The first kappa shape index (κ1) is 20.7. The van der Waals surface area contributed by atoms with Crippen LogP contribution in [0, 0.1) is 0 Å². The first-order valence-electron chi connectivity index (χ1n) is 10.7. The summed E-state index contributed by atoms with van der Waals surface area (Å²) in [6, 6.07) is 17.9. The molecule has 3 heterocycles. The third-order valence-corrected chi connectivity index (χ3v) is 6.45. The Morgan fingerprint density at radius 1 is 1.12 bits per heavy atom. The molecule has 8 heteroatoms. The van der Waals surface area contributed by atoms with Crippen LogP contribution in [0.15, 0.2) is 65.1 Å². The van der Waals surface area contributed by atoms with Crippen LogP contribution in [0.4, 0.5) is 5.13 Å². The number of amides is 1. The molecule has 5 rings (SSSR count). The number of hydrazone groups is 1. The van der Waals surface area contributed by atoms with Crippen LogP contribution in [0.1, 0.15) is 29.3 Å². The van der Waals surface area contributed by atoms with Gasteiger partial charge in [-0.3, -0.25) is 4.79 Å². The molecule has 0 radical (unpaired) electrons. The van der Waals surface area contributed by atoms with Crippen LogP contribution in [0.25, 0.3) is 0 Å². The number of hydrogen-bond donors (Lipinski definition) is 1. The molecule has 2 aliphatic heterocycles. The molecule has 1 amide bonds. The fourth-order valence-electron chi connectivity index (χ4n) is 3.86. The van der Waals surface area contributed by atoms with E-state index in [1.54, 1.807) is 11.3 Å². The molecule has 2 aromatic carbocycles. The van der Waals surface area contributed by atoms with E-state index in [0.717, 1.165) is 46.5 Å². The maximum atomic E-state index is 12.6. The Balaban J connectivity index is 1.27. The molecule has 1 unspecified atom stereocenters. The number of carbonyl (C=O) groups excluding carboxylic acids is 1. The number of aromatic nitrogens is 1. The van der Waals surface area contributed by atoms with E-state index in [4.69, 9.17) is 9.47 Å². The van der Waals surface area contributed by atoms with E-state index in [2.05, 4.69) is 20.4 Å². The van der Waals surface area contributed by atoms with Gasteiger partial charge in [0.2, 0.25) is 5.91 Å². The second kappa shape index (κ2) is 9.50. The van der Waals surface area contributed by atoms with Crippen LogP contribution in [0.3, 0.4) is 0 Å². The van der Waals surface area contributed by atoms with Crippen molar-refractivity contribution in [3.63, 3.8) is 0 Å². The summed E-state index contributed by atoms with van der Waals surface area (Å²) in [5, 5.41) is 7.35. The summed E-state index contributed by atoms with van der Waals surface area (Å²) in [4.78, 5) is 19.4. The van der Waals surface area contributed by atoms with Crippen molar-refractivity contribution in [1.82, 2.24) is 10.4 Å². The van der Waals surface area contributed by atoms with Crippen molar-refractivity contribution in [2.45, 2.75) is 18.9 Å². The fraction of sp³-hybridized carbons (Fsp3) is 0.292. The monoisotopic (exact) mass is 448 g/mol. The number of benzene rings is 2. The van der Waals surface area contributed by atoms with Crippen LogP contribution in [0.5, 0.6) is 5.75 Å². The molecular formula is C24H24N4O3S. The molecular weight excluding hydrogens is 424 g/mol. The van der Waals surface area contributed by atoms with Crippen LogP contribution < -0.4 is 15.1 Å². The number of nitrogens with zero attached hydrogens (tertiary/aromatic N) is 3. The Morgan fingerprint density at radius 2 is 1.91 bits per heavy atom. The number of para-hydroxylation sites is 1. The number of carbonyl (C=O) groups is 1. The number of morpholine rings is 1. The van der Waals surface area contributed by atoms with Crippen molar-refractivity contribution in [3.8, 4) is 5.75 Å². The minimum absolute atomic E-state index is 0.142. The predicted molar refractivity (Wildman–Crippen MR) is 124 cm³/mol. The van der Waals surface area contributed by atoms with E-state index < -0.39 is 0 Å². The van der Waals surface area contributed by atoms with Gasteiger partial charge >= 0.3 is 0 Å². The number of thiazole rings is 1. The molecule has 164 valence electrons. The lowest BCUT2D eigenvalue weighted by Gasteiger charge is -2.27. The molecule has 0 spiro atoms. The van der Waals surface area contributed by atoms with Crippen molar-refractivity contribution in [2.24, 2.45) is 5.10 Å². The average molecular weight is 449 g/mol. The van der Waals surface area contributed by atoms with E-state index in [1.807, 2.05) is 60.0 Å². The van der Waals surface area contributed by atoms with Crippen LogP contribution in [0.2, 0.25) is 0 Å². The number of rotatable bonds is 5. The Morgan fingerprint density at radius 3 is 2.75 bits per heavy atom. The van der Waals surface area contributed by atoms with Gasteiger partial charge in [0, 0.05) is 30.5 Å². The first-order valence-corrected chi connectivity index (χ1v) is 11.6. The molecule has 1 atom stereocenters. The summed E-state index contributed by atoms with van der Waals surface area (Å²) in [6.07, 6.45) is 0.633. The second-order valence-electron chi connectivity index (χ2n) is 7.71. The van der Waals surface area contributed by atoms with Gasteiger partial charge in [0.1, 0.15) is 11.9 Å². The van der Waals surface area contributed by atoms with E-state index in [9.17, 15) is 4.79 Å². The van der Waals surface area contributed by atoms with Gasteiger partial charge in [-0.15, -0.1) is 11.3 Å². The molecule has 1 saturated heterocycles. The van der Waals surface area contributed by atoms with E-state index in [1.165, 1.54) is 0 Å². The zero-order valence-corrected chi connectivity index (χ0v) is 18.4. The highest BCUT2D eigenvalue weighted by atomic mass is 32.1. The zero-order valence-electron chi connectivity index (χ0n) is 17.6. The smallest absolute Gasteiger partial charge is 0.246 e. The number of nitrogens with one attached hydrogen (secondary N) is 1. The first-order chi connectivity index (χ1) is 15.8. The normalized spacial score (nSPS) is 19.3. The van der Waals surface area contributed by atoms with Gasteiger partial charge in [-0.2, -0.15) is 5.10 Å². The summed E-state index contributed by atoms with van der Waals surface area (Å²) in [5.74, 6) is 0.590. The topological polar surface area (TPSA) is 76.1 Å². The van der Waals surface area contributed by atoms with Crippen LogP contribution in [-0.4, -0.2) is 42.9 Å². The largest absolute Gasteiger partial charge is 0.485 e. The van der Waals surface area contributed by atoms with Gasteiger partial charge in [0.05, 0.1) is 31.0 Å². The van der Waals surface area contributed by atoms with Gasteiger partial charge in [-0.25, -0.2) is 10.4 Å². The lowest BCUT2D eigenvalue weighted by molar-refractivity contribution is -0.120. The van der Waals surface area contributed by atoms with Gasteiger partial charge in [-0.1, -0.05) is 42.5 Å². The average Bonchev–Trinajstić information content (AvgIpc) is 3.32. The molecule has 7 nitrogen and oxygen atoms in total. The van der Waals surface area contributed by atoms with E-state index >= 15 is 0 Å². The molecule has 2 aliphatic rings. The molecule has 0 saturated carbocycles. The molecule has 3 aromatic rings. The van der Waals surface area contributed by atoms with Crippen molar-refractivity contribution >= 4 is 28.1 Å². The number of anilines is 1. The summed E-state index contributed by atoms with van der Waals surface area (Å²) in [5.41, 5.74) is 6.28. The molecule has 1 N–H and O–H groups in total. The maximum absolute atomic E-state index is 12.6. The summed E-state index contributed by atoms with van der Waals surface area (Å²) in [7, 11) is 0. The van der Waals surface area contributed by atoms with Gasteiger partial charge in [-0.05, 0) is 17.7 Å². The predicted octanol–water partition coefficient (Wildman–Crippen LogP) is 3.57. The van der Waals surface area contributed by atoms with Gasteiger partial charge in [0.15, 0.2) is 5.13 Å². The Hall–Kier alpha value is -3.23. The number of fused-ring (bicyclic) bond motifs is 1. The van der Waals surface area contributed by atoms with Crippen molar-refractivity contribution in [2.75, 3.05) is 31.2 Å². The standard InChI is InChI=1S/C24H24N4O3S/c29-23(14-18-16-32-24(25-18)28-10-12-30-13-11-28)27-26-20-15-22(17-6-2-1-3-7-17)31-21-9-5-4-8-19(20)21/h1-9,16,22H,10-15H2,(H,27,29). The van der Waals surface area contributed by atoms with Crippen LogP contribution in [-0.2, 0) is 16.0 Å². The highest BCUT2D eigenvalue weighted by Gasteiger charge is 2.26. The summed E-state index contributed by atoms with van der Waals surface area (Å²) in [6.45, 7) is 3.08. The third kappa shape index (κ3) is 4.66. The summed E-state index contributed by atoms with van der Waals surface area (Å²) >= 11 is 1.56. The minimum atomic E-state index is -0.184. The third-order valence-electron chi connectivity index (χ3n) is 5.50. The SMILES string of the molecule is O=C(Cc1csc(N2CCOCC2)n1)NN=C1CC(c2ccccc2)Oc2ccccc21. The molecule has 0 bridgehead atoms. The zero-order chi connectivity index (χ0) is 21.8. The Kier molecular flexibility index (Phi) is 6.13. The lowest BCUT2D eigenvalue weighted by atomic mass is 9.96. The summed E-state index contributed by atoms with van der Waals surface area (Å²) < 4.78 is 11.6.